The van der Waals surface area contributed by atoms with E-state index in [0.717, 1.165) is 9.99 Å². The number of benzene rings is 1. The van der Waals surface area contributed by atoms with E-state index in [1.165, 1.54) is 4.90 Å². The first-order valence-electron chi connectivity index (χ1n) is 6.13. The molecule has 2 atom stereocenters. The average molecular weight is 430 g/mol. The van der Waals surface area contributed by atoms with E-state index in [0.29, 0.717) is 29.7 Å². The summed E-state index contributed by atoms with van der Waals surface area (Å²) in [4.78, 5) is 12.6. The maximum atomic E-state index is 11.2. The Bertz CT molecular complexity index is 501. The van der Waals surface area contributed by atoms with Crippen LogP contribution in [0.25, 0.3) is 0 Å². The molecule has 1 amide bonds. The Balaban J connectivity index is 2.31. The van der Waals surface area contributed by atoms with Gasteiger partial charge in [0.25, 0.3) is 0 Å². The van der Waals surface area contributed by atoms with E-state index in [4.69, 9.17) is 27.9 Å². The molecule has 0 spiro atoms. The van der Waals surface area contributed by atoms with Crippen LogP contribution in [0.4, 0.5) is 4.79 Å². The Kier molecular flexibility index (Phi) is 5.77. The predicted molar refractivity (Wildman–Crippen MR) is 87.4 cm³/mol. The maximum Gasteiger partial charge on any atom is 0.407 e. The first kappa shape index (κ1) is 16.1. The van der Waals surface area contributed by atoms with Crippen molar-refractivity contribution in [2.24, 2.45) is 0 Å². The lowest BCUT2D eigenvalue weighted by Gasteiger charge is -2.26. The Labute approximate surface area is 141 Å². The number of ether oxygens (including phenoxy) is 1. The van der Waals surface area contributed by atoms with E-state index in [1.54, 1.807) is 12.1 Å². The van der Waals surface area contributed by atoms with Crippen molar-refractivity contribution in [1.29, 1.82) is 0 Å². The molecule has 0 unspecified atom stereocenters. The second kappa shape index (κ2) is 7.15. The minimum Gasteiger partial charge on any atom is -0.465 e. The summed E-state index contributed by atoms with van der Waals surface area (Å²) < 4.78 is 6.57. The van der Waals surface area contributed by atoms with Gasteiger partial charge >= 0.3 is 6.09 Å². The molecule has 2 rings (SSSR count). The van der Waals surface area contributed by atoms with Gasteiger partial charge in [0.05, 0.1) is 22.8 Å². The van der Waals surface area contributed by atoms with Crippen LogP contribution in [0.3, 0.4) is 0 Å². The van der Waals surface area contributed by atoms with E-state index in [9.17, 15) is 9.90 Å². The Hall–Kier alpha value is -0.240. The van der Waals surface area contributed by atoms with Gasteiger partial charge in [0.2, 0.25) is 0 Å². The van der Waals surface area contributed by atoms with Crippen LogP contribution in [0.1, 0.15) is 11.5 Å². The van der Waals surface area contributed by atoms with Crippen molar-refractivity contribution in [1.82, 2.24) is 4.90 Å². The lowest BCUT2D eigenvalue weighted by atomic mass is 9.94. The average Bonchev–Trinajstić information content (AvgIpc) is 2.64. The van der Waals surface area contributed by atoms with Crippen LogP contribution < -0.4 is 0 Å². The lowest BCUT2D eigenvalue weighted by Crippen LogP contribution is -2.35. The second-order valence-corrected chi connectivity index (χ2v) is 6.27. The standard InChI is InChI=1S/C13H14Cl2INO3/c14-10-2-1-8(5-11(10)15)9-7-17(13(18)19)3-4-20-12(9)6-16/h1-2,5,9,12H,3-4,6-7H2,(H,18,19)/t9-,12-/m0/s1. The van der Waals surface area contributed by atoms with Crippen molar-refractivity contribution in [2.75, 3.05) is 24.1 Å². The molecule has 0 saturated carbocycles. The second-order valence-electron chi connectivity index (χ2n) is 4.57. The van der Waals surface area contributed by atoms with Crippen molar-refractivity contribution in [3.8, 4) is 0 Å². The van der Waals surface area contributed by atoms with Gasteiger partial charge in [0.1, 0.15) is 0 Å². The number of hydrogen-bond donors (Lipinski definition) is 1. The molecule has 20 heavy (non-hydrogen) atoms. The first-order chi connectivity index (χ1) is 9.52. The van der Waals surface area contributed by atoms with Crippen molar-refractivity contribution in [2.45, 2.75) is 12.0 Å². The SMILES string of the molecule is O=C(O)N1CCO[C@@H](CI)[C@H](c2ccc(Cl)c(Cl)c2)C1. The van der Waals surface area contributed by atoms with E-state index in [-0.39, 0.29) is 12.0 Å². The highest BCUT2D eigenvalue weighted by Crippen LogP contribution is 2.31. The summed E-state index contributed by atoms with van der Waals surface area (Å²) in [5.41, 5.74) is 0.953. The number of hydrogen-bond acceptors (Lipinski definition) is 2. The smallest absolute Gasteiger partial charge is 0.407 e. The summed E-state index contributed by atoms with van der Waals surface area (Å²) in [6.07, 6.45) is -0.954. The van der Waals surface area contributed by atoms with Crippen LogP contribution in [0.5, 0.6) is 0 Å². The molecule has 1 aliphatic heterocycles. The summed E-state index contributed by atoms with van der Waals surface area (Å²) >= 11 is 14.2. The zero-order chi connectivity index (χ0) is 14.7. The van der Waals surface area contributed by atoms with Crippen molar-refractivity contribution >= 4 is 51.9 Å². The molecule has 0 aliphatic carbocycles. The summed E-state index contributed by atoms with van der Waals surface area (Å²) in [6, 6.07) is 5.41. The quantitative estimate of drug-likeness (QED) is 0.573. The van der Waals surface area contributed by atoms with Crippen LogP contribution in [0.15, 0.2) is 18.2 Å². The number of rotatable bonds is 2. The van der Waals surface area contributed by atoms with Gasteiger partial charge in [-0.25, -0.2) is 4.79 Å². The molecule has 1 fully saturated rings. The largest absolute Gasteiger partial charge is 0.465 e. The fourth-order valence-corrected chi connectivity index (χ4v) is 3.44. The third-order valence-electron chi connectivity index (χ3n) is 3.35. The molecule has 0 aromatic heterocycles. The lowest BCUT2D eigenvalue weighted by molar-refractivity contribution is 0.0694. The van der Waals surface area contributed by atoms with Gasteiger partial charge in [-0.15, -0.1) is 0 Å². The van der Waals surface area contributed by atoms with Gasteiger partial charge in [-0.1, -0.05) is 51.9 Å². The number of alkyl halides is 1. The van der Waals surface area contributed by atoms with Gasteiger partial charge in [0.15, 0.2) is 0 Å². The fraction of sp³-hybridized carbons (Fsp3) is 0.462. The van der Waals surface area contributed by atoms with Gasteiger partial charge < -0.3 is 14.7 Å². The van der Waals surface area contributed by atoms with Crippen LogP contribution in [0.2, 0.25) is 10.0 Å². The summed E-state index contributed by atoms with van der Waals surface area (Å²) in [5.74, 6) is -0.0414. The minimum atomic E-state index is -0.923. The van der Waals surface area contributed by atoms with Crippen LogP contribution in [-0.4, -0.2) is 46.3 Å². The number of amides is 1. The Morgan fingerprint density at radius 1 is 1.45 bits per heavy atom. The highest BCUT2D eigenvalue weighted by Gasteiger charge is 2.30. The van der Waals surface area contributed by atoms with Gasteiger partial charge in [-0.05, 0) is 17.7 Å². The van der Waals surface area contributed by atoms with Crippen LogP contribution in [0, 0.1) is 0 Å². The van der Waals surface area contributed by atoms with E-state index in [2.05, 4.69) is 22.6 Å². The molecule has 110 valence electrons. The Morgan fingerprint density at radius 2 is 2.20 bits per heavy atom. The van der Waals surface area contributed by atoms with E-state index < -0.39 is 6.09 Å². The molecule has 0 bridgehead atoms. The van der Waals surface area contributed by atoms with Crippen LogP contribution >= 0.6 is 45.8 Å². The maximum absolute atomic E-state index is 11.2. The zero-order valence-corrected chi connectivity index (χ0v) is 14.2. The van der Waals surface area contributed by atoms with Gasteiger partial charge in [-0.2, -0.15) is 0 Å². The number of halogens is 3. The van der Waals surface area contributed by atoms with E-state index in [1.807, 2.05) is 6.07 Å². The zero-order valence-electron chi connectivity index (χ0n) is 10.6. The Morgan fingerprint density at radius 3 is 2.80 bits per heavy atom. The molecular formula is C13H14Cl2INO3. The summed E-state index contributed by atoms with van der Waals surface area (Å²) in [5, 5.41) is 10.2. The summed E-state index contributed by atoms with van der Waals surface area (Å²) in [6.45, 7) is 1.21. The van der Waals surface area contributed by atoms with E-state index >= 15 is 0 Å². The van der Waals surface area contributed by atoms with Gasteiger partial charge in [-0.3, -0.25) is 0 Å². The molecule has 1 saturated heterocycles. The molecule has 0 radical (unpaired) electrons. The van der Waals surface area contributed by atoms with Gasteiger partial charge in [0, 0.05) is 23.4 Å². The summed E-state index contributed by atoms with van der Waals surface area (Å²) in [7, 11) is 0. The highest BCUT2D eigenvalue weighted by atomic mass is 127. The van der Waals surface area contributed by atoms with Crippen LogP contribution in [-0.2, 0) is 4.74 Å². The third-order valence-corrected chi connectivity index (χ3v) is 4.96. The third kappa shape index (κ3) is 3.69. The van der Waals surface area contributed by atoms with Crippen molar-refractivity contribution in [3.63, 3.8) is 0 Å². The molecule has 1 aliphatic rings. The molecule has 7 heteroatoms. The monoisotopic (exact) mass is 429 g/mol. The van der Waals surface area contributed by atoms with Crippen molar-refractivity contribution in [3.05, 3.63) is 33.8 Å². The molecule has 1 heterocycles. The molecule has 1 N–H and O–H groups in total. The number of nitrogens with zero attached hydrogens (tertiary/aromatic N) is 1. The highest BCUT2D eigenvalue weighted by molar-refractivity contribution is 14.1. The molecular weight excluding hydrogens is 416 g/mol. The predicted octanol–water partition coefficient (Wildman–Crippen LogP) is 3.89. The molecule has 1 aromatic rings. The first-order valence-corrected chi connectivity index (χ1v) is 8.41. The molecule has 1 aromatic carbocycles. The number of carboxylic acid groups (broad SMARTS) is 1. The van der Waals surface area contributed by atoms with Crippen molar-refractivity contribution < 1.29 is 14.6 Å². The molecule has 4 nitrogen and oxygen atoms in total. The normalized spacial score (nSPS) is 23.4. The fourth-order valence-electron chi connectivity index (χ4n) is 2.27. The minimum absolute atomic E-state index is 0.0304. The topological polar surface area (TPSA) is 49.8 Å². The number of carbonyl (C=O) groups is 1.